The summed E-state index contributed by atoms with van der Waals surface area (Å²) in [6.07, 6.45) is 7.73. The molecule has 5 rings (SSSR count). The van der Waals surface area contributed by atoms with Crippen LogP contribution in [0.5, 0.6) is 0 Å². The third kappa shape index (κ3) is 7.00. The van der Waals surface area contributed by atoms with E-state index in [1.54, 1.807) is 0 Å². The third-order valence-corrected chi connectivity index (χ3v) is 9.82. The summed E-state index contributed by atoms with van der Waals surface area (Å²) in [5.41, 5.74) is 4.83. The highest BCUT2D eigenvalue weighted by Gasteiger charge is 2.34. The van der Waals surface area contributed by atoms with E-state index < -0.39 is 9.84 Å². The minimum atomic E-state index is -2.90. The lowest BCUT2D eigenvalue weighted by molar-refractivity contribution is 0.248. The lowest BCUT2D eigenvalue weighted by atomic mass is 9.88. The lowest BCUT2D eigenvalue weighted by Crippen LogP contribution is -2.45. The van der Waals surface area contributed by atoms with Crippen LogP contribution < -0.4 is 15.6 Å². The van der Waals surface area contributed by atoms with Crippen molar-refractivity contribution in [2.75, 3.05) is 34.9 Å². The van der Waals surface area contributed by atoms with Crippen LogP contribution in [0.3, 0.4) is 0 Å². The number of anilines is 2. The van der Waals surface area contributed by atoms with Gasteiger partial charge >= 0.3 is 6.03 Å². The van der Waals surface area contributed by atoms with Crippen LogP contribution in [0.4, 0.5) is 15.6 Å². The molecule has 0 spiro atoms. The highest BCUT2D eigenvalue weighted by Crippen LogP contribution is 2.31. The summed E-state index contributed by atoms with van der Waals surface area (Å²) in [7, 11) is -2.90. The first-order valence-electron chi connectivity index (χ1n) is 13.8. The van der Waals surface area contributed by atoms with Crippen LogP contribution in [0.1, 0.15) is 51.8 Å². The number of hydrogen-bond acceptors (Lipinski definition) is 8. The highest BCUT2D eigenvalue weighted by molar-refractivity contribution is 7.91. The quantitative estimate of drug-likeness (QED) is 0.490. The van der Waals surface area contributed by atoms with Gasteiger partial charge in [0, 0.05) is 42.6 Å². The molecule has 2 aliphatic heterocycles. The first-order chi connectivity index (χ1) is 18.9. The second kappa shape index (κ2) is 11.5. The van der Waals surface area contributed by atoms with Crippen molar-refractivity contribution in [3.05, 3.63) is 59.1 Å². The van der Waals surface area contributed by atoms with Crippen molar-refractivity contribution in [2.24, 2.45) is 16.4 Å². The predicted octanol–water partition coefficient (Wildman–Crippen LogP) is 5.11. The van der Waals surface area contributed by atoms with E-state index in [9.17, 15) is 13.2 Å². The molecule has 0 radical (unpaired) electrons. The molecule has 2 unspecified atom stereocenters. The van der Waals surface area contributed by atoms with E-state index >= 15 is 0 Å². The molecule has 0 saturated carbocycles. The number of hydrazone groups is 1. The van der Waals surface area contributed by atoms with Crippen molar-refractivity contribution in [3.8, 4) is 0 Å². The maximum atomic E-state index is 13.0. The molecule has 214 valence electrons. The fraction of sp³-hybridized carbons (Fsp3) is 0.483. The van der Waals surface area contributed by atoms with Crippen molar-refractivity contribution in [3.63, 3.8) is 0 Å². The molecule has 3 aliphatic rings. The molecule has 1 aromatic carbocycles. The minimum absolute atomic E-state index is 0.136. The van der Waals surface area contributed by atoms with E-state index in [1.807, 2.05) is 34.7 Å². The number of hydrogen-bond donors (Lipinski definition) is 2. The lowest BCUT2D eigenvalue weighted by Gasteiger charge is -2.27. The molecule has 1 aliphatic carbocycles. The van der Waals surface area contributed by atoms with Gasteiger partial charge in [-0.15, -0.1) is 11.3 Å². The predicted molar refractivity (Wildman–Crippen MR) is 163 cm³/mol. The Kier molecular flexibility index (Phi) is 8.17. The highest BCUT2D eigenvalue weighted by atomic mass is 32.2. The summed E-state index contributed by atoms with van der Waals surface area (Å²) in [5, 5.41) is 15.3. The number of carbonyl (C=O) groups excluding carboxylic acids is 1. The topological polar surface area (TPSA) is 107 Å². The standard InChI is InChI=1S/C29H38N6O3S2/c1-20-5-9-22(10-6-20)24-19-39-28(30-24)32-27(36)31-26-17-25(29(2,3)4)33-35(26)23-11-7-21(8-12-23)18-34-13-15-40(37,38)16-14-34/h5,7-12,19-20,26H,6,13-18H2,1-4H3,(H2,30,31,32,36). The van der Waals surface area contributed by atoms with Gasteiger partial charge in [0.2, 0.25) is 0 Å². The Morgan fingerprint density at radius 3 is 2.52 bits per heavy atom. The smallest absolute Gasteiger partial charge is 0.315 e. The van der Waals surface area contributed by atoms with Crippen LogP contribution in [0.15, 0.2) is 53.0 Å². The molecule has 40 heavy (non-hydrogen) atoms. The zero-order chi connectivity index (χ0) is 28.5. The van der Waals surface area contributed by atoms with E-state index in [4.69, 9.17) is 5.10 Å². The molecule has 1 aromatic heterocycles. The van der Waals surface area contributed by atoms with Crippen LogP contribution in [-0.2, 0) is 16.4 Å². The first kappa shape index (κ1) is 28.5. The summed E-state index contributed by atoms with van der Waals surface area (Å²) < 4.78 is 23.5. The van der Waals surface area contributed by atoms with E-state index in [0.29, 0.717) is 37.1 Å². The van der Waals surface area contributed by atoms with Crippen LogP contribution >= 0.6 is 11.3 Å². The van der Waals surface area contributed by atoms with Crippen molar-refractivity contribution in [2.45, 2.75) is 53.2 Å². The average Bonchev–Trinajstić information content (AvgIpc) is 3.54. The second-order valence-electron chi connectivity index (χ2n) is 11.8. The number of carbonyl (C=O) groups is 1. The molecule has 2 amide bonds. The van der Waals surface area contributed by atoms with Gasteiger partial charge in [0.1, 0.15) is 6.17 Å². The fourth-order valence-corrected chi connectivity index (χ4v) is 6.89. The van der Waals surface area contributed by atoms with Gasteiger partial charge in [-0.25, -0.2) is 23.2 Å². The SMILES string of the molecule is CC1C=CC(c2csc(NC(=O)NC3CC(C(C)(C)C)=NN3c3ccc(CN4CCS(=O)(=O)CC4)cc3)n2)=CC1. The van der Waals surface area contributed by atoms with E-state index in [-0.39, 0.29) is 29.1 Å². The Morgan fingerprint density at radius 2 is 1.88 bits per heavy atom. The summed E-state index contributed by atoms with van der Waals surface area (Å²) in [6.45, 7) is 10.4. The molecule has 11 heteroatoms. The monoisotopic (exact) mass is 582 g/mol. The summed E-state index contributed by atoms with van der Waals surface area (Å²) in [4.78, 5) is 19.8. The largest absolute Gasteiger partial charge is 0.322 e. The van der Waals surface area contributed by atoms with Crippen LogP contribution in [0.2, 0.25) is 0 Å². The van der Waals surface area contributed by atoms with Crippen molar-refractivity contribution >= 4 is 49.3 Å². The Labute approximate surface area is 241 Å². The van der Waals surface area contributed by atoms with Crippen molar-refractivity contribution < 1.29 is 13.2 Å². The number of urea groups is 1. The first-order valence-corrected chi connectivity index (χ1v) is 16.5. The van der Waals surface area contributed by atoms with Gasteiger partial charge < -0.3 is 5.32 Å². The minimum Gasteiger partial charge on any atom is -0.315 e. The number of nitrogens with zero attached hydrogens (tertiary/aromatic N) is 4. The summed E-state index contributed by atoms with van der Waals surface area (Å²) in [5.74, 6) is 0.969. The Morgan fingerprint density at radius 1 is 1.15 bits per heavy atom. The van der Waals surface area contributed by atoms with Crippen LogP contribution in [0.25, 0.3) is 5.57 Å². The molecule has 1 fully saturated rings. The second-order valence-corrected chi connectivity index (χ2v) is 15.0. The Bertz CT molecular complexity index is 1420. The maximum absolute atomic E-state index is 13.0. The molecule has 9 nitrogen and oxygen atoms in total. The molecule has 3 heterocycles. The summed E-state index contributed by atoms with van der Waals surface area (Å²) >= 11 is 1.41. The normalized spacial score (nSPS) is 23.1. The van der Waals surface area contributed by atoms with Crippen molar-refractivity contribution in [1.82, 2.24) is 15.2 Å². The Balaban J connectivity index is 1.24. The van der Waals surface area contributed by atoms with Gasteiger partial charge in [-0.1, -0.05) is 58.1 Å². The number of thiazole rings is 1. The number of aromatic nitrogens is 1. The number of benzene rings is 1. The molecular weight excluding hydrogens is 544 g/mol. The molecule has 2 aromatic rings. The number of sulfone groups is 1. The van der Waals surface area contributed by atoms with Crippen LogP contribution in [0, 0.1) is 11.3 Å². The van der Waals surface area contributed by atoms with Gasteiger partial charge in [-0.05, 0) is 35.6 Å². The molecule has 0 bridgehead atoms. The van der Waals surface area contributed by atoms with Gasteiger partial charge in [0.25, 0.3) is 0 Å². The fourth-order valence-electron chi connectivity index (χ4n) is 4.90. The molecular formula is C29H38N6O3S2. The van der Waals surface area contributed by atoms with Crippen molar-refractivity contribution in [1.29, 1.82) is 0 Å². The maximum Gasteiger partial charge on any atom is 0.322 e. The third-order valence-electron chi connectivity index (χ3n) is 7.45. The number of nitrogens with one attached hydrogen (secondary N) is 2. The van der Waals surface area contributed by atoms with E-state index in [0.717, 1.165) is 34.7 Å². The molecule has 2 atom stereocenters. The van der Waals surface area contributed by atoms with E-state index in [2.05, 4.69) is 66.4 Å². The Hall–Kier alpha value is -3.02. The number of amides is 2. The van der Waals surface area contributed by atoms with Gasteiger partial charge in [0.15, 0.2) is 15.0 Å². The van der Waals surface area contributed by atoms with Gasteiger partial charge in [-0.2, -0.15) is 5.10 Å². The zero-order valence-electron chi connectivity index (χ0n) is 23.6. The van der Waals surface area contributed by atoms with Crippen LogP contribution in [-0.4, -0.2) is 60.8 Å². The molecule has 1 saturated heterocycles. The molecule has 2 N–H and O–H groups in total. The zero-order valence-corrected chi connectivity index (χ0v) is 25.2. The number of allylic oxidation sites excluding steroid dienone is 4. The summed E-state index contributed by atoms with van der Waals surface area (Å²) in [6, 6.07) is 7.80. The van der Waals surface area contributed by atoms with Gasteiger partial charge in [0.05, 0.1) is 22.9 Å². The number of rotatable bonds is 6. The van der Waals surface area contributed by atoms with E-state index in [1.165, 1.54) is 11.3 Å². The average molecular weight is 583 g/mol. The van der Waals surface area contributed by atoms with Gasteiger partial charge in [-0.3, -0.25) is 10.2 Å².